The molecule has 5 heterocycles. The van der Waals surface area contributed by atoms with Gasteiger partial charge in [-0.15, -0.1) is 0 Å². The van der Waals surface area contributed by atoms with Gasteiger partial charge in [-0.1, -0.05) is 12.2 Å². The number of hydrogen-bond donors (Lipinski definition) is 5. The average Bonchev–Trinajstić information content (AvgIpc) is 3.54. The van der Waals surface area contributed by atoms with Crippen LogP contribution in [0.4, 0.5) is 5.69 Å². The number of amides is 1. The number of unbranched alkanes of at least 4 members (excludes halogenated alkanes) is 1. The fourth-order valence-corrected chi connectivity index (χ4v) is 10.5. The van der Waals surface area contributed by atoms with Gasteiger partial charge >= 0.3 is 0 Å². The van der Waals surface area contributed by atoms with Crippen molar-refractivity contribution in [3.05, 3.63) is 75.3 Å². The summed E-state index contributed by atoms with van der Waals surface area (Å²) >= 11 is 0. The highest BCUT2D eigenvalue weighted by Crippen LogP contribution is 2.52. The van der Waals surface area contributed by atoms with Crippen molar-refractivity contribution in [2.75, 3.05) is 36.1 Å². The van der Waals surface area contributed by atoms with Gasteiger partial charge in [-0.2, -0.15) is 25.3 Å². The van der Waals surface area contributed by atoms with Crippen LogP contribution in [0.1, 0.15) is 75.0 Å². The Morgan fingerprint density at radius 3 is 2.29 bits per heavy atom. The number of nitrogens with two attached hydrogens (primary N) is 1. The Labute approximate surface area is 335 Å². The number of carbonyl (C=O) groups is 1. The van der Waals surface area contributed by atoms with Crippen LogP contribution in [0.15, 0.2) is 46.6 Å². The standard InChI is InChI=1S/C37H44N6O12S3/c1-36(2)16-21(19-56(45,46)47)24-14-27-29(35-40-10-13-42(35)11-6-5-9-39-28(44)18-54-38)26-15-25-22(20-57(48,49)50)17-37(3,4)43-12-7-8-23(31(25)43)32(26)55-33(27)34(30(24)41-36)58(51,52)53/h10,13-17H,5-9,11-12,18-20,38H2,1-4H3,(H,39,44)(H,45,46,47)(H,48,49,50)(H,51,52,53). The lowest BCUT2D eigenvalue weighted by molar-refractivity contribution is -0.125. The molecule has 21 heteroatoms. The normalized spacial score (nSPS) is 17.8. The number of carbonyl (C=O) groups excluding carboxylic acids is 1. The lowest BCUT2D eigenvalue weighted by atomic mass is 9.80. The Balaban J connectivity index is 1.56. The van der Waals surface area contributed by atoms with E-state index >= 15 is 0 Å². The van der Waals surface area contributed by atoms with Crippen LogP contribution in [0, 0.1) is 0 Å². The molecule has 0 spiro atoms. The van der Waals surface area contributed by atoms with Crippen molar-refractivity contribution in [1.82, 2.24) is 14.9 Å². The molecular formula is C37H44N6O12S3. The topological polar surface area (TPSA) is 270 Å². The van der Waals surface area contributed by atoms with Gasteiger partial charge in [0, 0.05) is 65.1 Å². The summed E-state index contributed by atoms with van der Waals surface area (Å²) in [6, 6.07) is 3.22. The summed E-state index contributed by atoms with van der Waals surface area (Å²) in [6.45, 7) is 8.03. The second-order valence-electron chi connectivity index (χ2n) is 15.8. The first-order chi connectivity index (χ1) is 27.0. The second-order valence-corrected chi connectivity index (χ2v) is 20.1. The van der Waals surface area contributed by atoms with Crippen molar-refractivity contribution in [1.29, 1.82) is 0 Å². The van der Waals surface area contributed by atoms with Crippen LogP contribution >= 0.6 is 0 Å². The molecule has 7 rings (SSSR count). The van der Waals surface area contributed by atoms with Crippen LogP contribution in [0.2, 0.25) is 0 Å². The van der Waals surface area contributed by atoms with E-state index in [1.807, 2.05) is 18.4 Å². The van der Waals surface area contributed by atoms with Gasteiger partial charge in [0.1, 0.15) is 29.7 Å². The third-order valence-corrected chi connectivity index (χ3v) is 12.7. The molecule has 58 heavy (non-hydrogen) atoms. The number of aryl methyl sites for hydroxylation is 1. The SMILES string of the molecule is CC1(C)C=C(CS(=O)(=O)O)c2cc3c(c(S(=O)(=O)O)c2=N1)Oc1c(cc2c4c1CCCN4C(C)(C)C=C2CS(=O)(=O)O)C=3c1nccn1CCCCNC(=O)CON. The number of ether oxygens (including phenoxy) is 1. The quantitative estimate of drug-likeness (QED) is 0.0728. The first kappa shape index (κ1) is 41.7. The monoisotopic (exact) mass is 860 g/mol. The summed E-state index contributed by atoms with van der Waals surface area (Å²) < 4.78 is 116. The molecule has 312 valence electrons. The molecule has 0 saturated carbocycles. The molecule has 4 aliphatic rings. The highest BCUT2D eigenvalue weighted by atomic mass is 32.2. The van der Waals surface area contributed by atoms with Crippen LogP contribution in [-0.2, 0) is 53.0 Å². The Bertz CT molecular complexity index is 2790. The van der Waals surface area contributed by atoms with E-state index in [-0.39, 0.29) is 45.7 Å². The fourth-order valence-electron chi connectivity index (χ4n) is 8.42. The molecule has 2 aromatic carbocycles. The van der Waals surface area contributed by atoms with Crippen molar-refractivity contribution >= 4 is 58.7 Å². The van der Waals surface area contributed by atoms with E-state index in [4.69, 9.17) is 15.6 Å². The fraction of sp³-hybridized carbons (Fsp3) is 0.432. The number of nitrogens with one attached hydrogen (secondary N) is 1. The Morgan fingerprint density at radius 1 is 0.948 bits per heavy atom. The van der Waals surface area contributed by atoms with Gasteiger partial charge in [0.15, 0.2) is 10.6 Å². The Hall–Kier alpha value is -4.48. The lowest BCUT2D eigenvalue weighted by Gasteiger charge is -2.47. The zero-order valence-electron chi connectivity index (χ0n) is 32.1. The van der Waals surface area contributed by atoms with E-state index in [1.54, 1.807) is 32.2 Å². The number of aromatic nitrogens is 2. The van der Waals surface area contributed by atoms with Gasteiger partial charge in [0.05, 0.1) is 22.1 Å². The molecule has 0 radical (unpaired) electrons. The molecular weight excluding hydrogens is 817 g/mol. The minimum Gasteiger partial charge on any atom is -0.454 e. The van der Waals surface area contributed by atoms with Crippen LogP contribution in [0.25, 0.3) is 16.7 Å². The molecule has 1 amide bonds. The number of anilines is 1. The Morgan fingerprint density at radius 2 is 1.64 bits per heavy atom. The summed E-state index contributed by atoms with van der Waals surface area (Å²) in [5.74, 6) is 3.29. The summed E-state index contributed by atoms with van der Waals surface area (Å²) in [5, 5.41) is 2.54. The summed E-state index contributed by atoms with van der Waals surface area (Å²) in [4.78, 5) is 27.0. The molecule has 6 N–H and O–H groups in total. The van der Waals surface area contributed by atoms with Gasteiger partial charge in [0.25, 0.3) is 30.4 Å². The Kier molecular flexibility index (Phi) is 10.5. The van der Waals surface area contributed by atoms with Crippen LogP contribution in [0.5, 0.6) is 11.5 Å². The number of nitrogens with zero attached hydrogens (tertiary/aromatic N) is 4. The number of hydrogen-bond acceptors (Lipinski definition) is 13. The van der Waals surface area contributed by atoms with Crippen molar-refractivity contribution in [2.45, 2.75) is 75.9 Å². The molecule has 0 saturated heterocycles. The van der Waals surface area contributed by atoms with E-state index in [9.17, 15) is 43.7 Å². The first-order valence-corrected chi connectivity index (χ1v) is 23.0. The molecule has 0 aliphatic carbocycles. The molecule has 3 aromatic rings. The van der Waals surface area contributed by atoms with Crippen LogP contribution in [0.3, 0.4) is 0 Å². The van der Waals surface area contributed by atoms with E-state index in [2.05, 4.69) is 20.0 Å². The third kappa shape index (κ3) is 8.09. The van der Waals surface area contributed by atoms with Crippen molar-refractivity contribution < 1.29 is 53.3 Å². The summed E-state index contributed by atoms with van der Waals surface area (Å²) in [7, 11) is -14.4. The summed E-state index contributed by atoms with van der Waals surface area (Å²) in [5.41, 5.74) is 0.965. The number of imidazole rings is 1. The minimum absolute atomic E-state index is 0.00219. The lowest BCUT2D eigenvalue weighted by Crippen LogP contribution is -2.48. The first-order valence-electron chi connectivity index (χ1n) is 18.4. The van der Waals surface area contributed by atoms with Crippen molar-refractivity contribution in [2.24, 2.45) is 10.9 Å². The smallest absolute Gasteiger partial charge is 0.300 e. The van der Waals surface area contributed by atoms with Crippen LogP contribution < -0.4 is 31.4 Å². The van der Waals surface area contributed by atoms with E-state index in [1.165, 1.54) is 18.3 Å². The van der Waals surface area contributed by atoms with Gasteiger partial charge in [-0.25, -0.2) is 10.9 Å². The molecule has 0 unspecified atom stereocenters. The minimum atomic E-state index is -5.18. The molecule has 0 bridgehead atoms. The predicted molar refractivity (Wildman–Crippen MR) is 212 cm³/mol. The summed E-state index contributed by atoms with van der Waals surface area (Å²) in [6.07, 6.45) is 8.67. The van der Waals surface area contributed by atoms with Gasteiger partial charge in [-0.05, 0) is 76.7 Å². The van der Waals surface area contributed by atoms with Gasteiger partial charge in [0.2, 0.25) is 5.91 Å². The molecule has 4 aliphatic heterocycles. The third-order valence-electron chi connectivity index (χ3n) is 10.5. The van der Waals surface area contributed by atoms with Gasteiger partial charge < -0.3 is 19.5 Å². The molecule has 18 nitrogen and oxygen atoms in total. The van der Waals surface area contributed by atoms with E-state index in [0.717, 1.165) is 0 Å². The number of benzene rings is 2. The largest absolute Gasteiger partial charge is 0.454 e. The zero-order chi connectivity index (χ0) is 42.2. The van der Waals surface area contributed by atoms with E-state index < -0.39 is 57.8 Å². The predicted octanol–water partition coefficient (Wildman–Crippen LogP) is 1.77. The average molecular weight is 861 g/mol. The number of fused-ring (bicyclic) bond motifs is 4. The number of rotatable bonds is 13. The van der Waals surface area contributed by atoms with Crippen molar-refractivity contribution in [3.63, 3.8) is 0 Å². The molecule has 0 fully saturated rings. The maximum atomic E-state index is 13.6. The van der Waals surface area contributed by atoms with Crippen LogP contribution in [-0.4, -0.2) is 96.6 Å². The van der Waals surface area contributed by atoms with Gasteiger partial charge in [-0.3, -0.25) is 28.3 Å². The maximum Gasteiger partial charge on any atom is 0.300 e. The molecule has 1 aromatic heterocycles. The highest BCUT2D eigenvalue weighted by molar-refractivity contribution is 7.86. The maximum absolute atomic E-state index is 13.6. The van der Waals surface area contributed by atoms with Crippen molar-refractivity contribution in [3.8, 4) is 11.5 Å². The zero-order valence-corrected chi connectivity index (χ0v) is 34.6. The molecule has 0 atom stereocenters. The highest BCUT2D eigenvalue weighted by Gasteiger charge is 2.42. The second kappa shape index (κ2) is 14.7. The van der Waals surface area contributed by atoms with E-state index in [0.29, 0.717) is 84.7 Å².